The van der Waals surface area contributed by atoms with E-state index in [1.54, 1.807) is 24.0 Å². The van der Waals surface area contributed by atoms with Gasteiger partial charge in [-0.25, -0.2) is 4.68 Å². The number of carbonyl (C=O) groups excluding carboxylic acids is 1. The Morgan fingerprint density at radius 1 is 1.33 bits per heavy atom. The van der Waals surface area contributed by atoms with Crippen molar-refractivity contribution in [3.8, 4) is 5.69 Å². The monoisotopic (exact) mass is 394 g/mol. The third-order valence-electron chi connectivity index (χ3n) is 4.69. The molecule has 0 bridgehead atoms. The molecule has 0 saturated carbocycles. The van der Waals surface area contributed by atoms with Crippen molar-refractivity contribution in [2.45, 2.75) is 25.6 Å². The Morgan fingerprint density at radius 3 is 2.78 bits per heavy atom. The Labute approximate surface area is 157 Å². The van der Waals surface area contributed by atoms with Gasteiger partial charge >= 0.3 is 6.18 Å². The Hall–Kier alpha value is -2.39. The molecule has 27 heavy (non-hydrogen) atoms. The summed E-state index contributed by atoms with van der Waals surface area (Å²) in [7, 11) is 0. The smallest absolute Gasteiger partial charge is 0.336 e. The largest absolute Gasteiger partial charge is 0.416 e. The molecule has 9 heteroatoms. The van der Waals surface area contributed by atoms with Crippen LogP contribution in [0, 0.1) is 6.92 Å². The second-order valence-electron chi connectivity index (χ2n) is 6.67. The summed E-state index contributed by atoms with van der Waals surface area (Å²) in [6, 6.07) is 6.77. The number of hydrogen-bond donors (Lipinski definition) is 1. The zero-order valence-corrected chi connectivity index (χ0v) is 15.3. The molecule has 5 nitrogen and oxygen atoms in total. The molecule has 0 spiro atoms. The van der Waals surface area contributed by atoms with Crippen molar-refractivity contribution in [1.29, 1.82) is 0 Å². The lowest BCUT2D eigenvalue weighted by Crippen LogP contribution is -2.31. The molecule has 1 aromatic carbocycles. The molecule has 1 aliphatic heterocycles. The minimum Gasteiger partial charge on any atom is -0.336 e. The zero-order chi connectivity index (χ0) is 19.3. The van der Waals surface area contributed by atoms with Crippen molar-refractivity contribution in [3.05, 3.63) is 46.5 Å². The highest BCUT2D eigenvalue weighted by molar-refractivity contribution is 7.20. The van der Waals surface area contributed by atoms with E-state index in [4.69, 9.17) is 5.73 Å². The molecule has 0 radical (unpaired) electrons. The SMILES string of the molecule is Cc1nn(-c2cccc(C(F)(F)F)c2)c2sc(C(=O)N3CC[C@H](N)C3)cc12. The fourth-order valence-corrected chi connectivity index (χ4v) is 4.42. The summed E-state index contributed by atoms with van der Waals surface area (Å²) in [6.07, 6.45) is -3.66. The van der Waals surface area contributed by atoms with Crippen LogP contribution in [0.15, 0.2) is 30.3 Å². The summed E-state index contributed by atoms with van der Waals surface area (Å²) in [6.45, 7) is 2.91. The van der Waals surface area contributed by atoms with Crippen LogP contribution >= 0.6 is 11.3 Å². The molecule has 3 heterocycles. The van der Waals surface area contributed by atoms with Gasteiger partial charge in [0.1, 0.15) is 4.83 Å². The first-order chi connectivity index (χ1) is 12.7. The van der Waals surface area contributed by atoms with Gasteiger partial charge in [-0.2, -0.15) is 18.3 Å². The Bertz CT molecular complexity index is 1020. The van der Waals surface area contributed by atoms with Gasteiger partial charge in [-0.15, -0.1) is 11.3 Å². The molecule has 1 atom stereocenters. The van der Waals surface area contributed by atoms with Crippen LogP contribution < -0.4 is 5.73 Å². The first kappa shape index (κ1) is 18.0. The van der Waals surface area contributed by atoms with Crippen LogP contribution in [0.1, 0.15) is 27.3 Å². The third kappa shape index (κ3) is 3.21. The number of benzene rings is 1. The number of fused-ring (bicyclic) bond motifs is 1. The van der Waals surface area contributed by atoms with E-state index in [-0.39, 0.29) is 11.9 Å². The number of nitrogens with zero attached hydrogens (tertiary/aromatic N) is 3. The number of amides is 1. The lowest BCUT2D eigenvalue weighted by Gasteiger charge is -2.14. The summed E-state index contributed by atoms with van der Waals surface area (Å²) >= 11 is 1.24. The molecule has 1 aliphatic rings. The summed E-state index contributed by atoms with van der Waals surface area (Å²) in [5.41, 5.74) is 6.11. The zero-order valence-electron chi connectivity index (χ0n) is 14.5. The molecular formula is C18H17F3N4OS. The minimum atomic E-state index is -4.43. The summed E-state index contributed by atoms with van der Waals surface area (Å²) in [5, 5.41) is 5.14. The maximum atomic E-state index is 13.0. The van der Waals surface area contributed by atoms with Crippen LogP contribution in [0.2, 0.25) is 0 Å². The first-order valence-corrected chi connectivity index (χ1v) is 9.27. The van der Waals surface area contributed by atoms with Gasteiger partial charge in [0.25, 0.3) is 5.91 Å². The Kier molecular flexibility index (Phi) is 4.23. The second kappa shape index (κ2) is 6.35. The van der Waals surface area contributed by atoms with Crippen LogP contribution in [0.4, 0.5) is 13.2 Å². The molecule has 0 aliphatic carbocycles. The summed E-state index contributed by atoms with van der Waals surface area (Å²) in [4.78, 5) is 15.6. The van der Waals surface area contributed by atoms with Gasteiger partial charge in [-0.05, 0) is 37.6 Å². The van der Waals surface area contributed by atoms with Crippen LogP contribution in [-0.2, 0) is 6.18 Å². The number of halogens is 3. The number of carbonyl (C=O) groups is 1. The summed E-state index contributed by atoms with van der Waals surface area (Å²) in [5.74, 6) is -0.0980. The van der Waals surface area contributed by atoms with Crippen molar-refractivity contribution in [3.63, 3.8) is 0 Å². The lowest BCUT2D eigenvalue weighted by atomic mass is 10.2. The van der Waals surface area contributed by atoms with Gasteiger partial charge in [-0.3, -0.25) is 4.79 Å². The van der Waals surface area contributed by atoms with E-state index in [0.29, 0.717) is 34.2 Å². The van der Waals surface area contributed by atoms with Crippen molar-refractivity contribution < 1.29 is 18.0 Å². The second-order valence-corrected chi connectivity index (χ2v) is 7.71. The standard InChI is InChI=1S/C18H17F3N4OS/c1-10-14-8-15(16(26)24-6-5-12(22)9-24)27-17(14)25(23-10)13-4-2-3-11(7-13)18(19,20)21/h2-4,7-8,12H,5-6,9,22H2,1H3/t12-/m0/s1. The molecule has 2 aromatic heterocycles. The predicted octanol–water partition coefficient (Wildman–Crippen LogP) is 3.59. The molecule has 4 rings (SSSR count). The van der Waals surface area contributed by atoms with Crippen LogP contribution in [0.3, 0.4) is 0 Å². The number of aromatic nitrogens is 2. The number of nitrogens with two attached hydrogens (primary N) is 1. The van der Waals surface area contributed by atoms with E-state index >= 15 is 0 Å². The van der Waals surface area contributed by atoms with E-state index < -0.39 is 11.7 Å². The fraction of sp³-hybridized carbons (Fsp3) is 0.333. The van der Waals surface area contributed by atoms with Crippen molar-refractivity contribution in [2.75, 3.05) is 13.1 Å². The van der Waals surface area contributed by atoms with Gasteiger partial charge in [0.05, 0.1) is 21.8 Å². The van der Waals surface area contributed by atoms with E-state index in [9.17, 15) is 18.0 Å². The molecule has 142 valence electrons. The number of likely N-dealkylation sites (tertiary alicyclic amines) is 1. The van der Waals surface area contributed by atoms with Gasteiger partial charge in [-0.1, -0.05) is 6.07 Å². The van der Waals surface area contributed by atoms with Gasteiger partial charge < -0.3 is 10.6 Å². The molecule has 2 N–H and O–H groups in total. The average Bonchev–Trinajstić information content (AvgIpc) is 3.30. The fourth-order valence-electron chi connectivity index (χ4n) is 3.27. The number of thiophene rings is 1. The normalized spacial score (nSPS) is 17.8. The average molecular weight is 394 g/mol. The third-order valence-corrected chi connectivity index (χ3v) is 5.78. The van der Waals surface area contributed by atoms with Crippen LogP contribution in [-0.4, -0.2) is 39.7 Å². The van der Waals surface area contributed by atoms with Crippen molar-refractivity contribution in [2.24, 2.45) is 5.73 Å². The number of hydrogen-bond acceptors (Lipinski definition) is 4. The summed E-state index contributed by atoms with van der Waals surface area (Å²) < 4.78 is 40.6. The van der Waals surface area contributed by atoms with E-state index in [1.807, 2.05) is 0 Å². The topological polar surface area (TPSA) is 64.2 Å². The van der Waals surface area contributed by atoms with Gasteiger partial charge in [0.15, 0.2) is 0 Å². The van der Waals surface area contributed by atoms with E-state index in [1.165, 1.54) is 22.1 Å². The molecule has 1 amide bonds. The lowest BCUT2D eigenvalue weighted by molar-refractivity contribution is -0.137. The highest BCUT2D eigenvalue weighted by atomic mass is 32.1. The van der Waals surface area contributed by atoms with Gasteiger partial charge in [0, 0.05) is 24.5 Å². The maximum Gasteiger partial charge on any atom is 0.416 e. The van der Waals surface area contributed by atoms with Crippen molar-refractivity contribution >= 4 is 27.5 Å². The number of aryl methyl sites for hydroxylation is 1. The number of alkyl halides is 3. The highest BCUT2D eigenvalue weighted by Gasteiger charge is 2.31. The number of rotatable bonds is 2. The minimum absolute atomic E-state index is 0.00864. The first-order valence-electron chi connectivity index (χ1n) is 8.45. The molecular weight excluding hydrogens is 377 g/mol. The maximum absolute atomic E-state index is 13.0. The Balaban J connectivity index is 1.75. The molecule has 1 fully saturated rings. The van der Waals surface area contributed by atoms with E-state index in [0.717, 1.165) is 23.9 Å². The molecule has 1 saturated heterocycles. The van der Waals surface area contributed by atoms with Gasteiger partial charge in [0.2, 0.25) is 0 Å². The molecule has 0 unspecified atom stereocenters. The predicted molar refractivity (Wildman–Crippen MR) is 97.2 cm³/mol. The van der Waals surface area contributed by atoms with Crippen molar-refractivity contribution in [1.82, 2.24) is 14.7 Å². The highest BCUT2D eigenvalue weighted by Crippen LogP contribution is 2.34. The Morgan fingerprint density at radius 2 is 2.11 bits per heavy atom. The van der Waals surface area contributed by atoms with Crippen LogP contribution in [0.25, 0.3) is 15.9 Å². The molecule has 3 aromatic rings. The van der Waals surface area contributed by atoms with E-state index in [2.05, 4.69) is 5.10 Å². The quantitative estimate of drug-likeness (QED) is 0.723. The van der Waals surface area contributed by atoms with Crippen LogP contribution in [0.5, 0.6) is 0 Å².